The molecule has 19 heavy (non-hydrogen) atoms. The molecule has 0 spiro atoms. The normalized spacial score (nSPS) is 15.1. The van der Waals surface area contributed by atoms with Crippen LogP contribution >= 0.6 is 23.4 Å². The fraction of sp³-hybridized carbons (Fsp3) is 0.545. The Morgan fingerprint density at radius 1 is 1.47 bits per heavy atom. The van der Waals surface area contributed by atoms with Gasteiger partial charge in [-0.25, -0.2) is 4.98 Å². The van der Waals surface area contributed by atoms with Crippen molar-refractivity contribution in [3.05, 3.63) is 22.8 Å². The standard InChI is InChI=1S/C11H14ClF3N2OS/c1-10(18,6-19-2)5-17-9-8(12)3-7(4-16-9)11(13,14)15/h3-4,18H,5-6H2,1-2H3,(H,16,17). The fourth-order valence-electron chi connectivity index (χ4n) is 1.36. The number of nitrogens with zero attached hydrogens (tertiary/aromatic N) is 1. The lowest BCUT2D eigenvalue weighted by molar-refractivity contribution is -0.137. The van der Waals surface area contributed by atoms with Gasteiger partial charge in [-0.2, -0.15) is 24.9 Å². The Balaban J connectivity index is 2.76. The minimum Gasteiger partial charge on any atom is -0.387 e. The molecule has 0 aliphatic carbocycles. The van der Waals surface area contributed by atoms with E-state index in [4.69, 9.17) is 11.6 Å². The number of halogens is 4. The summed E-state index contributed by atoms with van der Waals surface area (Å²) in [6, 6.07) is 0.806. The van der Waals surface area contributed by atoms with Gasteiger partial charge in [-0.15, -0.1) is 0 Å². The molecule has 0 aliphatic rings. The average molecular weight is 315 g/mol. The monoisotopic (exact) mass is 314 g/mol. The van der Waals surface area contributed by atoms with Crippen LogP contribution in [0.1, 0.15) is 12.5 Å². The minimum atomic E-state index is -4.47. The van der Waals surface area contributed by atoms with E-state index in [9.17, 15) is 18.3 Å². The first-order valence-corrected chi connectivity index (χ1v) is 7.11. The van der Waals surface area contributed by atoms with Crippen molar-refractivity contribution in [1.82, 2.24) is 4.98 Å². The molecule has 0 aliphatic heterocycles. The number of aliphatic hydroxyl groups is 1. The second-order valence-electron chi connectivity index (χ2n) is 4.34. The number of pyridine rings is 1. The van der Waals surface area contributed by atoms with Crippen LogP contribution in [-0.4, -0.2) is 34.2 Å². The zero-order valence-electron chi connectivity index (χ0n) is 10.4. The van der Waals surface area contributed by atoms with Crippen LogP contribution in [0.5, 0.6) is 0 Å². The van der Waals surface area contributed by atoms with Gasteiger partial charge in [0.15, 0.2) is 0 Å². The third kappa shape index (κ3) is 5.08. The Hall–Kier alpha value is -0.660. The van der Waals surface area contributed by atoms with E-state index in [0.717, 1.165) is 6.07 Å². The maximum Gasteiger partial charge on any atom is 0.417 e. The first kappa shape index (κ1) is 16.4. The molecule has 1 heterocycles. The molecule has 0 aromatic carbocycles. The lowest BCUT2D eigenvalue weighted by Gasteiger charge is -2.23. The highest BCUT2D eigenvalue weighted by Crippen LogP contribution is 2.32. The van der Waals surface area contributed by atoms with E-state index >= 15 is 0 Å². The molecule has 108 valence electrons. The molecule has 1 rings (SSSR count). The number of hydrogen-bond donors (Lipinski definition) is 2. The largest absolute Gasteiger partial charge is 0.417 e. The first-order valence-electron chi connectivity index (χ1n) is 5.33. The van der Waals surface area contributed by atoms with Gasteiger partial charge in [0.2, 0.25) is 0 Å². The summed E-state index contributed by atoms with van der Waals surface area (Å²) < 4.78 is 37.2. The van der Waals surface area contributed by atoms with Gasteiger partial charge in [-0.05, 0) is 19.2 Å². The zero-order valence-corrected chi connectivity index (χ0v) is 12.0. The average Bonchev–Trinajstić information content (AvgIpc) is 2.26. The molecular formula is C11H14ClF3N2OS. The smallest absolute Gasteiger partial charge is 0.387 e. The number of nitrogens with one attached hydrogen (secondary N) is 1. The second-order valence-corrected chi connectivity index (χ2v) is 5.61. The minimum absolute atomic E-state index is 0.121. The Bertz CT molecular complexity index is 440. The van der Waals surface area contributed by atoms with Crippen molar-refractivity contribution in [2.45, 2.75) is 18.7 Å². The van der Waals surface area contributed by atoms with E-state index in [1.54, 1.807) is 6.92 Å². The number of rotatable bonds is 5. The van der Waals surface area contributed by atoms with Crippen LogP contribution in [0.4, 0.5) is 19.0 Å². The molecule has 1 aromatic heterocycles. The van der Waals surface area contributed by atoms with Gasteiger partial charge in [0, 0.05) is 18.5 Å². The molecule has 1 unspecified atom stereocenters. The number of alkyl halides is 3. The van der Waals surface area contributed by atoms with Crippen LogP contribution < -0.4 is 5.32 Å². The van der Waals surface area contributed by atoms with Gasteiger partial charge in [-0.1, -0.05) is 11.6 Å². The SMILES string of the molecule is CSCC(C)(O)CNc1ncc(C(F)(F)F)cc1Cl. The van der Waals surface area contributed by atoms with E-state index in [2.05, 4.69) is 10.3 Å². The summed E-state index contributed by atoms with van der Waals surface area (Å²) in [5.41, 5.74) is -1.90. The zero-order chi connectivity index (χ0) is 14.7. The fourth-order valence-corrected chi connectivity index (χ4v) is 2.32. The molecule has 3 nitrogen and oxygen atoms in total. The van der Waals surface area contributed by atoms with Gasteiger partial charge < -0.3 is 10.4 Å². The van der Waals surface area contributed by atoms with Crippen LogP contribution in [0.2, 0.25) is 5.02 Å². The summed E-state index contributed by atoms with van der Waals surface area (Å²) in [6.07, 6.45) is -1.92. The topological polar surface area (TPSA) is 45.1 Å². The van der Waals surface area contributed by atoms with Gasteiger partial charge >= 0.3 is 6.18 Å². The number of anilines is 1. The Morgan fingerprint density at radius 2 is 2.11 bits per heavy atom. The van der Waals surface area contributed by atoms with Gasteiger partial charge in [0.05, 0.1) is 16.2 Å². The van der Waals surface area contributed by atoms with Crippen molar-refractivity contribution >= 4 is 29.2 Å². The van der Waals surface area contributed by atoms with Crippen molar-refractivity contribution in [2.24, 2.45) is 0 Å². The molecule has 0 bridgehead atoms. The van der Waals surface area contributed by atoms with E-state index in [1.165, 1.54) is 11.8 Å². The summed E-state index contributed by atoms with van der Waals surface area (Å²) in [5, 5.41) is 12.5. The van der Waals surface area contributed by atoms with E-state index in [1.807, 2.05) is 6.26 Å². The summed E-state index contributed by atoms with van der Waals surface area (Å²) >= 11 is 7.19. The molecule has 0 fully saturated rings. The third-order valence-corrected chi connectivity index (χ3v) is 3.46. The summed E-state index contributed by atoms with van der Waals surface area (Å²) in [5.74, 6) is 0.606. The van der Waals surface area contributed by atoms with E-state index < -0.39 is 17.3 Å². The predicted molar refractivity (Wildman–Crippen MR) is 71.7 cm³/mol. The maximum atomic E-state index is 12.4. The Morgan fingerprint density at radius 3 is 2.58 bits per heavy atom. The molecule has 0 amide bonds. The van der Waals surface area contributed by atoms with Crippen LogP contribution in [0.25, 0.3) is 0 Å². The van der Waals surface area contributed by atoms with Gasteiger partial charge in [0.1, 0.15) is 5.82 Å². The highest BCUT2D eigenvalue weighted by molar-refractivity contribution is 7.98. The molecule has 8 heteroatoms. The first-order chi connectivity index (χ1) is 8.65. The molecule has 2 N–H and O–H groups in total. The van der Waals surface area contributed by atoms with Gasteiger partial charge in [-0.3, -0.25) is 0 Å². The summed E-state index contributed by atoms with van der Waals surface area (Å²) in [6.45, 7) is 1.76. The summed E-state index contributed by atoms with van der Waals surface area (Å²) in [4.78, 5) is 3.63. The number of aromatic nitrogens is 1. The van der Waals surface area contributed by atoms with Crippen molar-refractivity contribution in [1.29, 1.82) is 0 Å². The van der Waals surface area contributed by atoms with Crippen molar-refractivity contribution < 1.29 is 18.3 Å². The lowest BCUT2D eigenvalue weighted by atomic mass is 10.1. The quantitative estimate of drug-likeness (QED) is 0.875. The summed E-state index contributed by atoms with van der Waals surface area (Å²) in [7, 11) is 0. The van der Waals surface area contributed by atoms with Crippen LogP contribution in [0.15, 0.2) is 12.3 Å². The van der Waals surface area contributed by atoms with Gasteiger partial charge in [0.25, 0.3) is 0 Å². The molecule has 1 aromatic rings. The lowest BCUT2D eigenvalue weighted by Crippen LogP contribution is -2.36. The van der Waals surface area contributed by atoms with E-state index in [0.29, 0.717) is 11.9 Å². The van der Waals surface area contributed by atoms with Crippen LogP contribution in [0.3, 0.4) is 0 Å². The van der Waals surface area contributed by atoms with Crippen molar-refractivity contribution in [3.8, 4) is 0 Å². The predicted octanol–water partition coefficient (Wildman–Crippen LogP) is 3.28. The molecular weight excluding hydrogens is 301 g/mol. The molecule has 0 saturated heterocycles. The Labute approximate surface area is 118 Å². The molecule has 0 saturated carbocycles. The van der Waals surface area contributed by atoms with Crippen molar-refractivity contribution in [2.75, 3.05) is 23.9 Å². The Kier molecular flexibility index (Phi) is 5.34. The third-order valence-electron chi connectivity index (χ3n) is 2.26. The molecule has 0 radical (unpaired) electrons. The van der Waals surface area contributed by atoms with E-state index in [-0.39, 0.29) is 17.4 Å². The molecule has 1 atom stereocenters. The number of thioether (sulfide) groups is 1. The van der Waals surface area contributed by atoms with Crippen LogP contribution in [0, 0.1) is 0 Å². The number of hydrogen-bond acceptors (Lipinski definition) is 4. The second kappa shape index (κ2) is 6.19. The van der Waals surface area contributed by atoms with Crippen LogP contribution in [-0.2, 0) is 6.18 Å². The highest BCUT2D eigenvalue weighted by Gasteiger charge is 2.31. The highest BCUT2D eigenvalue weighted by atomic mass is 35.5. The maximum absolute atomic E-state index is 12.4. The van der Waals surface area contributed by atoms with Crippen molar-refractivity contribution in [3.63, 3.8) is 0 Å².